The number of furan rings is 1. The van der Waals surface area contributed by atoms with E-state index in [0.29, 0.717) is 17.0 Å². The molecule has 0 saturated carbocycles. The Kier molecular flexibility index (Phi) is 4.86. The van der Waals surface area contributed by atoms with E-state index in [1.807, 2.05) is 6.07 Å². The summed E-state index contributed by atoms with van der Waals surface area (Å²) in [6.07, 6.45) is 2.89. The van der Waals surface area contributed by atoms with Crippen LogP contribution in [-0.4, -0.2) is 23.7 Å². The second-order valence-corrected chi connectivity index (χ2v) is 5.04. The molecule has 120 valence electrons. The molecule has 0 fully saturated rings. The van der Waals surface area contributed by atoms with Crippen LogP contribution in [0.4, 0.5) is 0 Å². The van der Waals surface area contributed by atoms with Gasteiger partial charge in [-0.2, -0.15) is 5.26 Å². The molecule has 0 aliphatic carbocycles. The van der Waals surface area contributed by atoms with Gasteiger partial charge >= 0.3 is 11.9 Å². The van der Waals surface area contributed by atoms with E-state index in [1.54, 1.807) is 19.9 Å². The number of hydrogen-bond acceptors (Lipinski definition) is 6. The van der Waals surface area contributed by atoms with Crippen molar-refractivity contribution in [3.63, 3.8) is 0 Å². The lowest BCUT2D eigenvalue weighted by Crippen LogP contribution is -2.31. The highest BCUT2D eigenvalue weighted by molar-refractivity contribution is 5.99. The lowest BCUT2D eigenvalue weighted by molar-refractivity contribution is -0.139. The molecule has 1 unspecified atom stereocenters. The van der Waals surface area contributed by atoms with Gasteiger partial charge in [-0.1, -0.05) is 0 Å². The Morgan fingerprint density at radius 1 is 1.39 bits per heavy atom. The van der Waals surface area contributed by atoms with Crippen molar-refractivity contribution in [3.8, 4) is 6.07 Å². The van der Waals surface area contributed by atoms with Crippen molar-refractivity contribution < 1.29 is 23.8 Å². The molecule has 23 heavy (non-hydrogen) atoms. The molecular formula is C16H16N2O5. The van der Waals surface area contributed by atoms with Gasteiger partial charge in [-0.15, -0.1) is 0 Å². The maximum Gasteiger partial charge on any atom is 0.336 e. The van der Waals surface area contributed by atoms with Crippen LogP contribution in [0.5, 0.6) is 0 Å². The molecule has 2 rings (SSSR count). The van der Waals surface area contributed by atoms with Gasteiger partial charge in [-0.05, 0) is 19.9 Å². The van der Waals surface area contributed by atoms with Crippen LogP contribution in [0.1, 0.15) is 31.7 Å². The zero-order chi connectivity index (χ0) is 17.0. The average Bonchev–Trinajstić information content (AvgIpc) is 2.99. The summed E-state index contributed by atoms with van der Waals surface area (Å²) in [5.74, 6) is -2.57. The van der Waals surface area contributed by atoms with E-state index < -0.39 is 17.9 Å². The molecule has 0 bridgehead atoms. The fourth-order valence-electron chi connectivity index (χ4n) is 2.59. The fourth-order valence-corrected chi connectivity index (χ4v) is 2.59. The average molecular weight is 316 g/mol. The summed E-state index contributed by atoms with van der Waals surface area (Å²) in [4.78, 5) is 24.0. The van der Waals surface area contributed by atoms with E-state index in [9.17, 15) is 14.7 Å². The van der Waals surface area contributed by atoms with Gasteiger partial charge in [0.2, 0.25) is 0 Å². The minimum atomic E-state index is -1.13. The third-order valence-electron chi connectivity index (χ3n) is 3.53. The highest BCUT2D eigenvalue weighted by Crippen LogP contribution is 2.38. The first kappa shape index (κ1) is 16.4. The molecule has 1 atom stereocenters. The molecule has 1 aliphatic rings. The van der Waals surface area contributed by atoms with Crippen molar-refractivity contribution >= 4 is 11.9 Å². The number of carboxylic acid groups (broad SMARTS) is 1. The third-order valence-corrected chi connectivity index (χ3v) is 3.53. The lowest BCUT2D eigenvalue weighted by atomic mass is 9.81. The van der Waals surface area contributed by atoms with Crippen molar-refractivity contribution in [1.29, 1.82) is 5.26 Å². The fraction of sp³-hybridized carbons (Fsp3) is 0.312. The molecule has 1 aliphatic heterocycles. The highest BCUT2D eigenvalue weighted by atomic mass is 16.5. The summed E-state index contributed by atoms with van der Waals surface area (Å²) in [6, 6.07) is 3.50. The van der Waals surface area contributed by atoms with E-state index in [4.69, 9.17) is 14.4 Å². The third kappa shape index (κ3) is 3.26. The van der Waals surface area contributed by atoms with Gasteiger partial charge in [0.05, 0.1) is 42.1 Å². The van der Waals surface area contributed by atoms with Gasteiger partial charge in [0.25, 0.3) is 0 Å². The topological polar surface area (TPSA) is 113 Å². The van der Waals surface area contributed by atoms with Crippen molar-refractivity contribution in [3.05, 3.63) is 46.7 Å². The Bertz CT molecular complexity index is 722. The summed E-state index contributed by atoms with van der Waals surface area (Å²) in [7, 11) is 0. The number of carbonyl (C=O) groups is 2. The molecular weight excluding hydrogens is 300 g/mol. The Hall–Kier alpha value is -3.01. The molecule has 7 heteroatoms. The van der Waals surface area contributed by atoms with E-state index in [1.165, 1.54) is 12.5 Å². The second-order valence-electron chi connectivity index (χ2n) is 5.04. The molecule has 0 saturated heterocycles. The van der Waals surface area contributed by atoms with Crippen molar-refractivity contribution in [1.82, 2.24) is 5.32 Å². The maximum atomic E-state index is 12.4. The first-order valence-corrected chi connectivity index (χ1v) is 6.95. The van der Waals surface area contributed by atoms with Gasteiger partial charge in [-0.25, -0.2) is 9.59 Å². The summed E-state index contributed by atoms with van der Waals surface area (Å²) < 4.78 is 10.1. The summed E-state index contributed by atoms with van der Waals surface area (Å²) in [5.41, 5.74) is 1.78. The number of nitriles is 1. The smallest absolute Gasteiger partial charge is 0.336 e. The van der Waals surface area contributed by atoms with Crippen LogP contribution in [0.15, 0.2) is 45.6 Å². The first-order valence-electron chi connectivity index (χ1n) is 6.95. The van der Waals surface area contributed by atoms with Crippen LogP contribution < -0.4 is 5.32 Å². The monoisotopic (exact) mass is 316 g/mol. The van der Waals surface area contributed by atoms with Crippen LogP contribution in [-0.2, 0) is 14.3 Å². The number of rotatable bonds is 5. The number of allylic oxidation sites excluding steroid dienone is 2. The summed E-state index contributed by atoms with van der Waals surface area (Å²) in [5, 5.41) is 21.0. The molecule has 7 nitrogen and oxygen atoms in total. The summed E-state index contributed by atoms with van der Waals surface area (Å²) >= 11 is 0. The number of esters is 1. The van der Waals surface area contributed by atoms with Crippen LogP contribution in [0, 0.1) is 11.3 Å². The van der Waals surface area contributed by atoms with Crippen LogP contribution in [0.2, 0.25) is 0 Å². The predicted molar refractivity (Wildman–Crippen MR) is 78.8 cm³/mol. The first-order chi connectivity index (χ1) is 11.0. The van der Waals surface area contributed by atoms with E-state index in [0.717, 1.165) is 0 Å². The quantitative estimate of drug-likeness (QED) is 0.631. The van der Waals surface area contributed by atoms with E-state index in [2.05, 4.69) is 5.32 Å². The van der Waals surface area contributed by atoms with Gasteiger partial charge in [-0.3, -0.25) is 0 Å². The zero-order valence-electron chi connectivity index (χ0n) is 12.8. The number of dihydropyridines is 1. The van der Waals surface area contributed by atoms with Crippen LogP contribution in [0.25, 0.3) is 0 Å². The number of nitrogens with one attached hydrogen (secondary N) is 1. The molecule has 1 aromatic rings. The highest BCUT2D eigenvalue weighted by Gasteiger charge is 2.37. The Balaban J connectivity index is 2.45. The van der Waals surface area contributed by atoms with Gasteiger partial charge in [0.15, 0.2) is 0 Å². The molecule has 2 heterocycles. The minimum Gasteiger partial charge on any atom is -0.478 e. The molecule has 2 N–H and O–H groups in total. The number of ether oxygens (including phenoxy) is 1. The predicted octanol–water partition coefficient (Wildman–Crippen LogP) is 2.06. The standard InChI is InChI=1S/C16H16N2O5/c1-9-12(15(19)20)14(11-4-7-22-8-11)13(10(2)18-9)16(21)23-6-3-5-17/h4,7-8,14,18H,3,6H2,1-2H3,(H,19,20). The SMILES string of the molecule is CC1=C(C(=O)O)C(c2ccoc2)C(C(=O)OCCC#N)=C(C)N1. The van der Waals surface area contributed by atoms with Crippen molar-refractivity contribution in [2.45, 2.75) is 26.2 Å². The number of nitrogens with zero attached hydrogens (tertiary/aromatic N) is 1. The Morgan fingerprint density at radius 2 is 2.09 bits per heavy atom. The maximum absolute atomic E-state index is 12.4. The Labute approximate surface area is 132 Å². The second kappa shape index (κ2) is 6.83. The van der Waals surface area contributed by atoms with Crippen molar-refractivity contribution in [2.24, 2.45) is 0 Å². The van der Waals surface area contributed by atoms with Gasteiger partial charge < -0.3 is 19.6 Å². The molecule has 1 aromatic heterocycles. The molecule has 0 radical (unpaired) electrons. The number of carbonyl (C=O) groups excluding carboxylic acids is 1. The zero-order valence-corrected chi connectivity index (χ0v) is 12.8. The summed E-state index contributed by atoms with van der Waals surface area (Å²) in [6.45, 7) is 3.27. The van der Waals surface area contributed by atoms with Crippen LogP contribution >= 0.6 is 0 Å². The van der Waals surface area contributed by atoms with E-state index in [-0.39, 0.29) is 24.2 Å². The van der Waals surface area contributed by atoms with Gasteiger partial charge in [0.1, 0.15) is 6.61 Å². The van der Waals surface area contributed by atoms with Crippen LogP contribution in [0.3, 0.4) is 0 Å². The van der Waals surface area contributed by atoms with E-state index >= 15 is 0 Å². The normalized spacial score (nSPS) is 17.5. The number of carboxylic acids is 1. The largest absolute Gasteiger partial charge is 0.478 e. The molecule has 0 spiro atoms. The molecule has 0 amide bonds. The number of hydrogen-bond donors (Lipinski definition) is 2. The Morgan fingerprint density at radius 3 is 2.65 bits per heavy atom. The molecule has 0 aromatic carbocycles. The minimum absolute atomic E-state index is 0.0463. The van der Waals surface area contributed by atoms with Crippen molar-refractivity contribution in [2.75, 3.05) is 6.61 Å². The van der Waals surface area contributed by atoms with Gasteiger partial charge in [0, 0.05) is 17.0 Å². The lowest BCUT2D eigenvalue weighted by Gasteiger charge is -2.28. The number of aliphatic carboxylic acids is 1.